The molecule has 2 aliphatic heterocycles. The number of likely N-dealkylation sites (tertiary alicyclic amines) is 1. The zero-order valence-electron chi connectivity index (χ0n) is 22.3. The highest BCUT2D eigenvalue weighted by Crippen LogP contribution is 2.39. The number of piperidine rings is 1. The van der Waals surface area contributed by atoms with E-state index in [0.29, 0.717) is 49.4 Å². The number of rotatable bonds is 6. The molecule has 39 heavy (non-hydrogen) atoms. The Morgan fingerprint density at radius 1 is 0.897 bits per heavy atom. The van der Waals surface area contributed by atoms with Gasteiger partial charge in [0.05, 0.1) is 13.7 Å². The van der Waals surface area contributed by atoms with Gasteiger partial charge in [0.25, 0.3) is 11.8 Å². The van der Waals surface area contributed by atoms with Crippen LogP contribution in [0.25, 0.3) is 0 Å². The van der Waals surface area contributed by atoms with Crippen LogP contribution < -0.4 is 4.74 Å². The monoisotopic (exact) mass is 527 g/mol. The molecule has 2 saturated heterocycles. The Bertz CT molecular complexity index is 1320. The molecule has 8 nitrogen and oxygen atoms in total. The number of benzene rings is 3. The average molecular weight is 528 g/mol. The highest BCUT2D eigenvalue weighted by atomic mass is 16.5. The first kappa shape index (κ1) is 26.4. The van der Waals surface area contributed by atoms with Crippen molar-refractivity contribution in [2.75, 3.05) is 33.9 Å². The van der Waals surface area contributed by atoms with Crippen molar-refractivity contribution in [2.45, 2.75) is 31.2 Å². The third-order valence-corrected chi connectivity index (χ3v) is 7.57. The van der Waals surface area contributed by atoms with E-state index in [1.165, 1.54) is 0 Å². The van der Waals surface area contributed by atoms with E-state index in [0.717, 1.165) is 5.56 Å². The lowest BCUT2D eigenvalue weighted by Crippen LogP contribution is -2.59. The second-order valence-corrected chi connectivity index (χ2v) is 10.0. The van der Waals surface area contributed by atoms with E-state index in [-0.39, 0.29) is 24.3 Å². The van der Waals surface area contributed by atoms with Gasteiger partial charge in [-0.1, -0.05) is 54.6 Å². The first-order valence-electron chi connectivity index (χ1n) is 13.2. The van der Waals surface area contributed by atoms with Crippen LogP contribution in [0.5, 0.6) is 5.75 Å². The molecule has 2 heterocycles. The van der Waals surface area contributed by atoms with E-state index >= 15 is 0 Å². The maximum Gasteiger partial charge on any atom is 0.256 e. The molecule has 1 spiro atoms. The van der Waals surface area contributed by atoms with Crippen molar-refractivity contribution in [1.29, 1.82) is 0 Å². The van der Waals surface area contributed by atoms with Gasteiger partial charge in [-0.25, -0.2) is 0 Å². The molecule has 3 aromatic rings. The molecule has 202 valence electrons. The van der Waals surface area contributed by atoms with E-state index in [4.69, 9.17) is 9.47 Å². The summed E-state index contributed by atoms with van der Waals surface area (Å²) in [6.45, 7) is 1.34. The number of carbonyl (C=O) groups excluding carboxylic acids is 3. The van der Waals surface area contributed by atoms with Crippen LogP contribution in [0, 0.1) is 0 Å². The van der Waals surface area contributed by atoms with Crippen molar-refractivity contribution in [3.63, 3.8) is 0 Å². The molecule has 0 saturated carbocycles. The summed E-state index contributed by atoms with van der Waals surface area (Å²) in [4.78, 5) is 45.9. The van der Waals surface area contributed by atoms with Gasteiger partial charge in [0, 0.05) is 50.7 Å². The van der Waals surface area contributed by atoms with Crippen LogP contribution in [0.4, 0.5) is 0 Å². The minimum atomic E-state index is -0.966. The molecule has 2 fully saturated rings. The van der Waals surface area contributed by atoms with Crippen molar-refractivity contribution < 1.29 is 23.9 Å². The van der Waals surface area contributed by atoms with Gasteiger partial charge in [-0.2, -0.15) is 0 Å². The summed E-state index contributed by atoms with van der Waals surface area (Å²) >= 11 is 0. The van der Waals surface area contributed by atoms with Crippen molar-refractivity contribution >= 4 is 17.7 Å². The van der Waals surface area contributed by atoms with Gasteiger partial charge in [0.15, 0.2) is 0 Å². The Morgan fingerprint density at radius 2 is 1.54 bits per heavy atom. The van der Waals surface area contributed by atoms with E-state index < -0.39 is 11.8 Å². The zero-order chi connectivity index (χ0) is 27.4. The summed E-state index contributed by atoms with van der Waals surface area (Å²) in [5, 5.41) is 0. The van der Waals surface area contributed by atoms with E-state index in [1.807, 2.05) is 48.5 Å². The Balaban J connectivity index is 1.37. The SMILES string of the molecule is COc1cccc(C(=O)N2CCC3(CC2)OC[C@H](C(=O)N(C)Cc2ccccc2)N3C(=O)c2ccccc2)c1. The Labute approximate surface area is 228 Å². The maximum atomic E-state index is 13.9. The first-order chi connectivity index (χ1) is 18.9. The highest BCUT2D eigenvalue weighted by Gasteiger charge is 2.54. The van der Waals surface area contributed by atoms with Crippen LogP contribution in [0.15, 0.2) is 84.9 Å². The second-order valence-electron chi connectivity index (χ2n) is 10.0. The number of carbonyl (C=O) groups is 3. The molecule has 0 N–H and O–H groups in total. The Hall–Kier alpha value is -4.17. The number of likely N-dealkylation sites (N-methyl/N-ethyl adjacent to an activating group) is 1. The molecule has 0 aromatic heterocycles. The molecular weight excluding hydrogens is 494 g/mol. The third kappa shape index (κ3) is 5.38. The molecule has 1 atom stereocenters. The first-order valence-corrected chi connectivity index (χ1v) is 13.2. The van der Waals surface area contributed by atoms with Crippen LogP contribution in [0.3, 0.4) is 0 Å². The molecule has 8 heteroatoms. The van der Waals surface area contributed by atoms with Gasteiger partial charge in [0.2, 0.25) is 5.91 Å². The molecule has 3 aromatic carbocycles. The fourth-order valence-electron chi connectivity index (χ4n) is 5.46. The third-order valence-electron chi connectivity index (χ3n) is 7.57. The van der Waals surface area contributed by atoms with E-state index in [1.54, 1.807) is 65.3 Å². The summed E-state index contributed by atoms with van der Waals surface area (Å²) in [6.07, 6.45) is 0.820. The van der Waals surface area contributed by atoms with Gasteiger partial charge in [-0.05, 0) is 35.9 Å². The molecule has 3 amide bonds. The van der Waals surface area contributed by atoms with Crippen molar-refractivity contribution in [1.82, 2.24) is 14.7 Å². The molecule has 0 bridgehead atoms. The van der Waals surface area contributed by atoms with Crippen molar-refractivity contribution in [3.05, 3.63) is 102 Å². The number of hydrogen-bond donors (Lipinski definition) is 0. The van der Waals surface area contributed by atoms with Crippen LogP contribution in [0.2, 0.25) is 0 Å². The summed E-state index contributed by atoms with van der Waals surface area (Å²) in [7, 11) is 3.32. The number of nitrogens with zero attached hydrogens (tertiary/aromatic N) is 3. The smallest absolute Gasteiger partial charge is 0.256 e. The highest BCUT2D eigenvalue weighted by molar-refractivity contribution is 5.98. The Morgan fingerprint density at radius 3 is 2.21 bits per heavy atom. The molecule has 0 aliphatic carbocycles. The predicted molar refractivity (Wildman–Crippen MR) is 146 cm³/mol. The molecular formula is C31H33N3O5. The van der Waals surface area contributed by atoms with Gasteiger partial charge in [0.1, 0.15) is 17.5 Å². The average Bonchev–Trinajstić information content (AvgIpc) is 3.35. The van der Waals surface area contributed by atoms with E-state index in [9.17, 15) is 14.4 Å². The maximum absolute atomic E-state index is 13.9. The summed E-state index contributed by atoms with van der Waals surface area (Å²) in [5.41, 5.74) is 1.09. The van der Waals surface area contributed by atoms with Gasteiger partial charge >= 0.3 is 0 Å². The van der Waals surface area contributed by atoms with Crippen LogP contribution in [-0.4, -0.2) is 78.0 Å². The van der Waals surface area contributed by atoms with Crippen LogP contribution in [-0.2, 0) is 16.1 Å². The fourth-order valence-corrected chi connectivity index (χ4v) is 5.46. The van der Waals surface area contributed by atoms with E-state index in [2.05, 4.69) is 0 Å². The molecule has 0 unspecified atom stereocenters. The zero-order valence-corrected chi connectivity index (χ0v) is 22.3. The number of hydrogen-bond acceptors (Lipinski definition) is 5. The van der Waals surface area contributed by atoms with Gasteiger partial charge < -0.3 is 19.3 Å². The summed E-state index contributed by atoms with van der Waals surface area (Å²) in [6, 6.07) is 25.1. The van der Waals surface area contributed by atoms with Crippen LogP contribution >= 0.6 is 0 Å². The summed E-state index contributed by atoms with van der Waals surface area (Å²) in [5.74, 6) is 0.106. The lowest BCUT2D eigenvalue weighted by molar-refractivity contribution is -0.137. The number of ether oxygens (including phenoxy) is 2. The lowest BCUT2D eigenvalue weighted by atomic mass is 9.96. The standard InChI is InChI=1S/C31H33N3O5/c1-32(21-23-10-5-3-6-11-23)30(37)27-22-39-31(34(27)29(36)24-12-7-4-8-13-24)16-18-33(19-17-31)28(35)25-14-9-15-26(20-25)38-2/h3-15,20,27H,16-19,21-22H2,1-2H3/t27-/m1/s1. The largest absolute Gasteiger partial charge is 0.497 e. The van der Waals surface area contributed by atoms with Crippen molar-refractivity contribution in [2.24, 2.45) is 0 Å². The minimum Gasteiger partial charge on any atom is -0.497 e. The van der Waals surface area contributed by atoms with Gasteiger partial charge in [-0.3, -0.25) is 19.3 Å². The fraction of sp³-hybridized carbons (Fsp3) is 0.323. The van der Waals surface area contributed by atoms with Crippen LogP contribution in [0.1, 0.15) is 39.1 Å². The molecule has 2 aliphatic rings. The molecule has 5 rings (SSSR count). The minimum absolute atomic E-state index is 0.0992. The normalized spacial score (nSPS) is 18.2. The lowest BCUT2D eigenvalue weighted by Gasteiger charge is -2.44. The summed E-state index contributed by atoms with van der Waals surface area (Å²) < 4.78 is 11.6. The Kier molecular flexibility index (Phi) is 7.65. The number of amides is 3. The van der Waals surface area contributed by atoms with Gasteiger partial charge in [-0.15, -0.1) is 0 Å². The topological polar surface area (TPSA) is 79.4 Å². The second kappa shape index (κ2) is 11.3. The predicted octanol–water partition coefficient (Wildman–Crippen LogP) is 3.83. The quantitative estimate of drug-likeness (QED) is 0.487. The van der Waals surface area contributed by atoms with Crippen molar-refractivity contribution in [3.8, 4) is 5.75 Å². The number of methoxy groups -OCH3 is 1. The molecule has 0 radical (unpaired) electrons.